The molecule has 1 aromatic rings. The summed E-state index contributed by atoms with van der Waals surface area (Å²) in [6, 6.07) is 2.42. The van der Waals surface area contributed by atoms with E-state index in [0.717, 1.165) is 6.54 Å². The van der Waals surface area contributed by atoms with Crippen molar-refractivity contribution in [3.63, 3.8) is 0 Å². The van der Waals surface area contributed by atoms with Gasteiger partial charge in [0.2, 0.25) is 0 Å². The SMILES string of the molecule is CC(NCC(C)(C)C)c1ccnn1C. The number of aromatic nitrogens is 2. The fraction of sp³-hybridized carbons (Fsp3) is 0.727. The van der Waals surface area contributed by atoms with E-state index in [9.17, 15) is 0 Å². The number of hydrogen-bond acceptors (Lipinski definition) is 2. The molecule has 3 nitrogen and oxygen atoms in total. The van der Waals surface area contributed by atoms with Gasteiger partial charge >= 0.3 is 0 Å². The topological polar surface area (TPSA) is 29.9 Å². The second kappa shape index (κ2) is 4.13. The Bertz CT molecular complexity index is 283. The van der Waals surface area contributed by atoms with Crippen LogP contribution in [0.1, 0.15) is 39.4 Å². The fourth-order valence-corrected chi connectivity index (χ4v) is 1.37. The van der Waals surface area contributed by atoms with Gasteiger partial charge in [-0.2, -0.15) is 5.10 Å². The Balaban J connectivity index is 2.51. The Labute approximate surface area is 86.5 Å². The zero-order valence-corrected chi connectivity index (χ0v) is 9.83. The smallest absolute Gasteiger partial charge is 0.0547 e. The molecule has 0 aliphatic rings. The van der Waals surface area contributed by atoms with Gasteiger partial charge in [0.1, 0.15) is 0 Å². The molecule has 14 heavy (non-hydrogen) atoms. The molecule has 1 heterocycles. The van der Waals surface area contributed by atoms with E-state index >= 15 is 0 Å². The van der Waals surface area contributed by atoms with Gasteiger partial charge in [0, 0.05) is 25.8 Å². The van der Waals surface area contributed by atoms with Crippen molar-refractivity contribution in [1.29, 1.82) is 0 Å². The van der Waals surface area contributed by atoms with Crippen molar-refractivity contribution >= 4 is 0 Å². The second-order valence-corrected chi connectivity index (χ2v) is 5.04. The quantitative estimate of drug-likeness (QED) is 0.800. The van der Waals surface area contributed by atoms with Crippen LogP contribution in [0.15, 0.2) is 12.3 Å². The molecule has 0 aliphatic heterocycles. The molecule has 0 bridgehead atoms. The van der Waals surface area contributed by atoms with Gasteiger partial charge in [0.25, 0.3) is 0 Å². The van der Waals surface area contributed by atoms with Gasteiger partial charge in [-0.05, 0) is 18.4 Å². The normalized spacial score (nSPS) is 14.4. The molecule has 1 atom stereocenters. The fourth-order valence-electron chi connectivity index (χ4n) is 1.37. The largest absolute Gasteiger partial charge is 0.308 e. The van der Waals surface area contributed by atoms with Crippen LogP contribution in [0.2, 0.25) is 0 Å². The number of nitrogens with zero attached hydrogens (tertiary/aromatic N) is 2. The van der Waals surface area contributed by atoms with Crippen LogP contribution in [0.3, 0.4) is 0 Å². The van der Waals surface area contributed by atoms with Crippen molar-refractivity contribution in [3.8, 4) is 0 Å². The third-order valence-electron chi connectivity index (χ3n) is 2.24. The average molecular weight is 195 g/mol. The first-order valence-electron chi connectivity index (χ1n) is 5.11. The highest BCUT2D eigenvalue weighted by Gasteiger charge is 2.14. The van der Waals surface area contributed by atoms with Crippen molar-refractivity contribution in [1.82, 2.24) is 15.1 Å². The van der Waals surface area contributed by atoms with Crippen molar-refractivity contribution in [3.05, 3.63) is 18.0 Å². The summed E-state index contributed by atoms with van der Waals surface area (Å²) in [5.41, 5.74) is 1.56. The minimum absolute atomic E-state index is 0.326. The molecule has 0 aliphatic carbocycles. The highest BCUT2D eigenvalue weighted by Crippen LogP contribution is 2.15. The predicted octanol–water partition coefficient (Wildman–Crippen LogP) is 2.12. The first-order valence-corrected chi connectivity index (χ1v) is 5.11. The minimum Gasteiger partial charge on any atom is -0.308 e. The molecule has 0 aromatic carbocycles. The molecule has 3 heteroatoms. The monoisotopic (exact) mass is 195 g/mol. The lowest BCUT2D eigenvalue weighted by Crippen LogP contribution is -2.30. The maximum atomic E-state index is 4.16. The number of hydrogen-bond donors (Lipinski definition) is 1. The first kappa shape index (κ1) is 11.2. The van der Waals surface area contributed by atoms with E-state index in [0.29, 0.717) is 11.5 Å². The Morgan fingerprint density at radius 2 is 2.14 bits per heavy atom. The van der Waals surface area contributed by atoms with Gasteiger partial charge in [0.05, 0.1) is 5.69 Å². The Hall–Kier alpha value is -0.830. The Morgan fingerprint density at radius 3 is 2.57 bits per heavy atom. The van der Waals surface area contributed by atoms with E-state index in [2.05, 4.69) is 44.2 Å². The van der Waals surface area contributed by atoms with Crippen molar-refractivity contribution in [2.45, 2.75) is 33.7 Å². The predicted molar refractivity (Wildman–Crippen MR) is 59.1 cm³/mol. The van der Waals surface area contributed by atoms with Gasteiger partial charge in [-0.3, -0.25) is 4.68 Å². The Morgan fingerprint density at radius 1 is 1.50 bits per heavy atom. The summed E-state index contributed by atoms with van der Waals surface area (Å²) in [6.07, 6.45) is 1.84. The van der Waals surface area contributed by atoms with Crippen LogP contribution in [0.5, 0.6) is 0 Å². The summed E-state index contributed by atoms with van der Waals surface area (Å²) in [6.45, 7) is 9.88. The molecule has 1 rings (SSSR count). The maximum Gasteiger partial charge on any atom is 0.0547 e. The number of aryl methyl sites for hydroxylation is 1. The number of nitrogens with one attached hydrogen (secondary N) is 1. The van der Waals surface area contributed by atoms with Crippen LogP contribution in [-0.2, 0) is 7.05 Å². The van der Waals surface area contributed by atoms with Crippen molar-refractivity contribution < 1.29 is 0 Å². The molecule has 1 aromatic heterocycles. The average Bonchev–Trinajstić information content (AvgIpc) is 2.46. The third kappa shape index (κ3) is 3.14. The van der Waals surface area contributed by atoms with Crippen LogP contribution < -0.4 is 5.32 Å². The van der Waals surface area contributed by atoms with Crippen LogP contribution in [-0.4, -0.2) is 16.3 Å². The summed E-state index contributed by atoms with van der Waals surface area (Å²) in [5, 5.41) is 7.66. The van der Waals surface area contributed by atoms with Gasteiger partial charge in [-0.15, -0.1) is 0 Å². The molecule has 0 amide bonds. The molecule has 80 valence electrons. The summed E-state index contributed by atoms with van der Waals surface area (Å²) in [7, 11) is 1.98. The summed E-state index contributed by atoms with van der Waals surface area (Å²) >= 11 is 0. The molecule has 0 radical (unpaired) electrons. The van der Waals surface area contributed by atoms with Gasteiger partial charge in [-0.1, -0.05) is 20.8 Å². The standard InChI is InChI=1S/C11H21N3/c1-9(12-8-11(2,3)4)10-6-7-13-14(10)5/h6-7,9,12H,8H2,1-5H3. The lowest BCUT2D eigenvalue weighted by molar-refractivity contribution is 0.354. The lowest BCUT2D eigenvalue weighted by Gasteiger charge is -2.22. The van der Waals surface area contributed by atoms with Crippen LogP contribution in [0.4, 0.5) is 0 Å². The summed E-state index contributed by atoms with van der Waals surface area (Å²) in [4.78, 5) is 0. The zero-order valence-electron chi connectivity index (χ0n) is 9.83. The van der Waals surface area contributed by atoms with E-state index in [1.807, 2.05) is 17.9 Å². The molecule has 0 saturated carbocycles. The molecule has 1 unspecified atom stereocenters. The third-order valence-corrected chi connectivity index (χ3v) is 2.24. The molecule has 1 N–H and O–H groups in total. The van der Waals surface area contributed by atoms with Crippen molar-refractivity contribution in [2.24, 2.45) is 12.5 Å². The lowest BCUT2D eigenvalue weighted by atomic mass is 9.96. The van der Waals surface area contributed by atoms with Crippen LogP contribution in [0.25, 0.3) is 0 Å². The molecular formula is C11H21N3. The second-order valence-electron chi connectivity index (χ2n) is 5.04. The van der Waals surface area contributed by atoms with E-state index in [-0.39, 0.29) is 0 Å². The van der Waals surface area contributed by atoms with Crippen LogP contribution in [0, 0.1) is 5.41 Å². The van der Waals surface area contributed by atoms with E-state index < -0.39 is 0 Å². The highest BCUT2D eigenvalue weighted by molar-refractivity contribution is 5.05. The van der Waals surface area contributed by atoms with Crippen molar-refractivity contribution in [2.75, 3.05) is 6.54 Å². The molecule has 0 spiro atoms. The van der Waals surface area contributed by atoms with Gasteiger partial charge in [0.15, 0.2) is 0 Å². The summed E-state index contributed by atoms with van der Waals surface area (Å²) < 4.78 is 1.92. The minimum atomic E-state index is 0.326. The number of rotatable bonds is 3. The van der Waals surface area contributed by atoms with Gasteiger partial charge < -0.3 is 5.32 Å². The Kier molecular flexibility index (Phi) is 3.32. The van der Waals surface area contributed by atoms with E-state index in [4.69, 9.17) is 0 Å². The first-order chi connectivity index (χ1) is 6.40. The van der Waals surface area contributed by atoms with Gasteiger partial charge in [-0.25, -0.2) is 0 Å². The molecule has 0 saturated heterocycles. The van der Waals surface area contributed by atoms with Crippen LogP contribution >= 0.6 is 0 Å². The van der Waals surface area contributed by atoms with E-state index in [1.165, 1.54) is 5.69 Å². The highest BCUT2D eigenvalue weighted by atomic mass is 15.3. The molecule has 0 fully saturated rings. The maximum absolute atomic E-state index is 4.16. The summed E-state index contributed by atoms with van der Waals surface area (Å²) in [5.74, 6) is 0. The zero-order chi connectivity index (χ0) is 10.8. The molecular weight excluding hydrogens is 174 g/mol. The van der Waals surface area contributed by atoms with E-state index in [1.54, 1.807) is 0 Å².